The molecule has 0 radical (unpaired) electrons. The van der Waals surface area contributed by atoms with Gasteiger partial charge in [-0.1, -0.05) is 29.8 Å². The van der Waals surface area contributed by atoms with Crippen LogP contribution in [0, 0.1) is 0 Å². The first kappa shape index (κ1) is 20.3. The second kappa shape index (κ2) is 8.59. The molecule has 0 aromatic heterocycles. The fourth-order valence-electron chi connectivity index (χ4n) is 2.08. The molecule has 0 aliphatic rings. The van der Waals surface area contributed by atoms with Gasteiger partial charge < -0.3 is 15.4 Å². The lowest BCUT2D eigenvalue weighted by molar-refractivity contribution is -0.274. The minimum atomic E-state index is -4.84. The van der Waals surface area contributed by atoms with E-state index < -0.39 is 18.0 Å². The van der Waals surface area contributed by atoms with E-state index in [0.29, 0.717) is 5.69 Å². The summed E-state index contributed by atoms with van der Waals surface area (Å²) >= 11 is 6.00. The number of carbonyl (C=O) groups excluding carboxylic acids is 2. The molecule has 0 atom stereocenters. The molecule has 0 heterocycles. The molecule has 2 amide bonds. The Bertz CT molecular complexity index is 882. The van der Waals surface area contributed by atoms with Crippen LogP contribution < -0.4 is 15.4 Å². The first-order valence-corrected chi connectivity index (χ1v) is 7.93. The van der Waals surface area contributed by atoms with Gasteiger partial charge in [0.2, 0.25) is 11.8 Å². The maximum absolute atomic E-state index is 12.4. The highest BCUT2D eigenvalue weighted by atomic mass is 35.5. The van der Waals surface area contributed by atoms with Gasteiger partial charge in [0.1, 0.15) is 5.75 Å². The predicted octanol–water partition coefficient (Wildman–Crippen LogP) is 4.85. The number of alkyl halides is 3. The third-order valence-electron chi connectivity index (χ3n) is 3.10. The van der Waals surface area contributed by atoms with E-state index in [-0.39, 0.29) is 22.2 Å². The molecular formula is C18H14ClF3N2O3. The molecule has 0 unspecified atom stereocenters. The molecule has 0 aliphatic carbocycles. The van der Waals surface area contributed by atoms with E-state index in [1.807, 2.05) is 0 Å². The maximum atomic E-state index is 12.4. The van der Waals surface area contributed by atoms with Crippen molar-refractivity contribution in [2.75, 3.05) is 10.6 Å². The number of hydrogen-bond donors (Lipinski definition) is 2. The van der Waals surface area contributed by atoms with Crippen molar-refractivity contribution in [2.24, 2.45) is 0 Å². The van der Waals surface area contributed by atoms with Crippen LogP contribution in [0.3, 0.4) is 0 Å². The number of rotatable bonds is 5. The van der Waals surface area contributed by atoms with Gasteiger partial charge in [-0.05, 0) is 30.3 Å². The van der Waals surface area contributed by atoms with Crippen LogP contribution in [0.15, 0.2) is 48.5 Å². The lowest BCUT2D eigenvalue weighted by atomic mass is 10.2. The average molecular weight is 399 g/mol. The predicted molar refractivity (Wildman–Crippen MR) is 96.5 cm³/mol. The Morgan fingerprint density at radius 2 is 1.81 bits per heavy atom. The zero-order valence-corrected chi connectivity index (χ0v) is 14.7. The molecule has 142 valence electrons. The first-order valence-electron chi connectivity index (χ1n) is 7.55. The van der Waals surface area contributed by atoms with Crippen LogP contribution >= 0.6 is 11.6 Å². The number of anilines is 2. The summed E-state index contributed by atoms with van der Waals surface area (Å²) in [6, 6.07) is 9.89. The van der Waals surface area contributed by atoms with Crippen molar-refractivity contribution in [1.82, 2.24) is 0 Å². The van der Waals surface area contributed by atoms with Gasteiger partial charge in [0.15, 0.2) is 0 Å². The van der Waals surface area contributed by atoms with Crippen molar-refractivity contribution in [1.29, 1.82) is 0 Å². The molecule has 0 fully saturated rings. The second-order valence-corrected chi connectivity index (χ2v) is 5.69. The van der Waals surface area contributed by atoms with Crippen molar-refractivity contribution in [3.05, 3.63) is 59.1 Å². The molecule has 0 bridgehead atoms. The van der Waals surface area contributed by atoms with Gasteiger partial charge in [0, 0.05) is 24.3 Å². The lowest BCUT2D eigenvalue weighted by Crippen LogP contribution is -2.17. The van der Waals surface area contributed by atoms with Crippen LogP contribution in [0.4, 0.5) is 24.5 Å². The van der Waals surface area contributed by atoms with E-state index in [9.17, 15) is 22.8 Å². The Kier molecular flexibility index (Phi) is 6.46. The second-order valence-electron chi connectivity index (χ2n) is 5.28. The summed E-state index contributed by atoms with van der Waals surface area (Å²) in [5.74, 6) is -1.35. The van der Waals surface area contributed by atoms with Crippen LogP contribution in [-0.4, -0.2) is 18.2 Å². The molecule has 5 nitrogen and oxygen atoms in total. The number of nitrogens with one attached hydrogen (secondary N) is 2. The average Bonchev–Trinajstić information content (AvgIpc) is 2.55. The highest BCUT2D eigenvalue weighted by molar-refractivity contribution is 6.34. The Labute approximate surface area is 157 Å². The molecule has 0 saturated carbocycles. The van der Waals surface area contributed by atoms with Crippen LogP contribution in [0.1, 0.15) is 12.5 Å². The van der Waals surface area contributed by atoms with Crippen molar-refractivity contribution in [3.8, 4) is 5.75 Å². The zero-order chi connectivity index (χ0) is 20.0. The first-order chi connectivity index (χ1) is 12.6. The Morgan fingerprint density at radius 3 is 2.48 bits per heavy atom. The van der Waals surface area contributed by atoms with Crippen LogP contribution in [0.2, 0.25) is 5.02 Å². The molecule has 0 saturated heterocycles. The summed E-state index contributed by atoms with van der Waals surface area (Å²) < 4.78 is 41.1. The summed E-state index contributed by atoms with van der Waals surface area (Å²) in [5.41, 5.74) is 0.732. The Morgan fingerprint density at radius 1 is 1.11 bits per heavy atom. The van der Waals surface area contributed by atoms with Gasteiger partial charge in [-0.15, -0.1) is 13.2 Å². The summed E-state index contributed by atoms with van der Waals surface area (Å²) in [4.78, 5) is 23.1. The van der Waals surface area contributed by atoms with Crippen molar-refractivity contribution >= 4 is 40.9 Å². The van der Waals surface area contributed by atoms with Crippen molar-refractivity contribution in [3.63, 3.8) is 0 Å². The van der Waals surface area contributed by atoms with Crippen molar-refractivity contribution in [2.45, 2.75) is 13.3 Å². The fraction of sp³-hybridized carbons (Fsp3) is 0.111. The molecule has 2 aromatic rings. The van der Waals surface area contributed by atoms with Gasteiger partial charge in [-0.3, -0.25) is 9.59 Å². The quantitative estimate of drug-likeness (QED) is 0.707. The van der Waals surface area contributed by atoms with E-state index >= 15 is 0 Å². The molecule has 2 rings (SSSR count). The molecule has 0 spiro atoms. The summed E-state index contributed by atoms with van der Waals surface area (Å²) in [6.07, 6.45) is -2.62. The molecule has 2 N–H and O–H groups in total. The van der Waals surface area contributed by atoms with Gasteiger partial charge in [-0.25, -0.2) is 0 Å². The number of benzene rings is 2. The minimum absolute atomic E-state index is 0.0723. The normalized spacial score (nSPS) is 11.3. The van der Waals surface area contributed by atoms with E-state index in [4.69, 9.17) is 11.6 Å². The van der Waals surface area contributed by atoms with Crippen LogP contribution in [0.25, 0.3) is 6.08 Å². The minimum Gasteiger partial charge on any atom is -0.405 e. The van der Waals surface area contributed by atoms with Crippen LogP contribution in [-0.2, 0) is 9.59 Å². The van der Waals surface area contributed by atoms with Gasteiger partial charge in [-0.2, -0.15) is 0 Å². The lowest BCUT2D eigenvalue weighted by Gasteiger charge is -2.11. The standard InChI is InChI=1S/C18H14ClF3N2O3/c1-11(25)23-13-7-8-14(19)15(10-13)24-17(26)9-6-12-4-2-3-5-16(12)27-18(20,21)22/h2-10H,1H3,(H,23,25)(H,24,26)/b9-6+. The smallest absolute Gasteiger partial charge is 0.405 e. The molecule has 27 heavy (non-hydrogen) atoms. The maximum Gasteiger partial charge on any atom is 0.573 e. The number of amides is 2. The number of halogens is 4. The van der Waals surface area contributed by atoms with Gasteiger partial charge in [0.25, 0.3) is 0 Å². The molecule has 9 heteroatoms. The summed E-state index contributed by atoms with van der Waals surface area (Å²) in [5, 5.41) is 5.26. The Balaban J connectivity index is 2.14. The SMILES string of the molecule is CC(=O)Nc1ccc(Cl)c(NC(=O)/C=C/c2ccccc2OC(F)(F)F)c1. The monoisotopic (exact) mass is 398 g/mol. The third-order valence-corrected chi connectivity index (χ3v) is 3.43. The van der Waals surface area contributed by atoms with E-state index in [1.165, 1.54) is 43.3 Å². The summed E-state index contributed by atoms with van der Waals surface area (Å²) in [7, 11) is 0. The van der Waals surface area contributed by atoms with Crippen LogP contribution in [0.5, 0.6) is 5.75 Å². The highest BCUT2D eigenvalue weighted by Crippen LogP contribution is 2.28. The molecular weight excluding hydrogens is 385 g/mol. The zero-order valence-electron chi connectivity index (χ0n) is 13.9. The number of para-hydroxylation sites is 1. The number of carbonyl (C=O) groups is 2. The summed E-state index contributed by atoms with van der Waals surface area (Å²) in [6.45, 7) is 1.33. The number of ether oxygens (including phenoxy) is 1. The Hall–Kier alpha value is -3.00. The number of hydrogen-bond acceptors (Lipinski definition) is 3. The van der Waals surface area contributed by atoms with Gasteiger partial charge >= 0.3 is 6.36 Å². The van der Waals surface area contributed by atoms with E-state index in [0.717, 1.165) is 12.1 Å². The molecule has 2 aromatic carbocycles. The highest BCUT2D eigenvalue weighted by Gasteiger charge is 2.31. The molecule has 0 aliphatic heterocycles. The van der Waals surface area contributed by atoms with E-state index in [1.54, 1.807) is 6.07 Å². The topological polar surface area (TPSA) is 67.4 Å². The van der Waals surface area contributed by atoms with Gasteiger partial charge in [0.05, 0.1) is 10.7 Å². The van der Waals surface area contributed by atoms with Crippen molar-refractivity contribution < 1.29 is 27.5 Å². The fourth-order valence-corrected chi connectivity index (χ4v) is 2.24. The largest absolute Gasteiger partial charge is 0.573 e. The third kappa shape index (κ3) is 6.67. The van der Waals surface area contributed by atoms with E-state index in [2.05, 4.69) is 15.4 Å².